The van der Waals surface area contributed by atoms with Crippen molar-refractivity contribution in [3.63, 3.8) is 0 Å². The van der Waals surface area contributed by atoms with Gasteiger partial charge in [0.1, 0.15) is 11.6 Å². The van der Waals surface area contributed by atoms with Gasteiger partial charge in [-0.05, 0) is 17.7 Å². The first-order valence-electron chi connectivity index (χ1n) is 5.59. The average Bonchev–Trinajstić information content (AvgIpc) is 2.75. The van der Waals surface area contributed by atoms with E-state index in [1.807, 2.05) is 0 Å². The van der Waals surface area contributed by atoms with Gasteiger partial charge >= 0.3 is 0 Å². The lowest BCUT2D eigenvalue weighted by Crippen LogP contribution is -2.01. The SMILES string of the molecule is CCC(=O)c1cnn(Cc2cc(F)cc(F)c2)c1. The van der Waals surface area contributed by atoms with E-state index in [1.54, 1.807) is 13.1 Å². The molecular weight excluding hydrogens is 238 g/mol. The molecule has 0 N–H and O–H groups in total. The fourth-order valence-corrected chi connectivity index (χ4v) is 1.69. The van der Waals surface area contributed by atoms with Crippen molar-refractivity contribution in [2.45, 2.75) is 19.9 Å². The van der Waals surface area contributed by atoms with Crippen LogP contribution in [0.25, 0.3) is 0 Å². The van der Waals surface area contributed by atoms with Gasteiger partial charge in [-0.3, -0.25) is 9.48 Å². The molecule has 0 aliphatic rings. The van der Waals surface area contributed by atoms with Crippen LogP contribution in [0.2, 0.25) is 0 Å². The molecular formula is C13H12F2N2O. The summed E-state index contributed by atoms with van der Waals surface area (Å²) >= 11 is 0. The summed E-state index contributed by atoms with van der Waals surface area (Å²) in [5, 5.41) is 3.99. The second-order valence-corrected chi connectivity index (χ2v) is 3.98. The fourth-order valence-electron chi connectivity index (χ4n) is 1.69. The standard InChI is InChI=1S/C13H12F2N2O/c1-2-13(18)10-6-16-17(8-10)7-9-3-11(14)5-12(15)4-9/h3-6,8H,2,7H2,1H3. The van der Waals surface area contributed by atoms with Gasteiger partial charge in [0.2, 0.25) is 0 Å². The maximum Gasteiger partial charge on any atom is 0.165 e. The number of nitrogens with zero attached hydrogens (tertiary/aromatic N) is 2. The fraction of sp³-hybridized carbons (Fsp3) is 0.231. The third kappa shape index (κ3) is 2.80. The minimum absolute atomic E-state index is 0.00771. The molecule has 18 heavy (non-hydrogen) atoms. The van der Waals surface area contributed by atoms with E-state index in [0.29, 0.717) is 17.5 Å². The van der Waals surface area contributed by atoms with E-state index >= 15 is 0 Å². The molecule has 1 heterocycles. The summed E-state index contributed by atoms with van der Waals surface area (Å²) in [6.07, 6.45) is 3.44. The van der Waals surface area contributed by atoms with Crippen molar-refractivity contribution in [1.29, 1.82) is 0 Å². The van der Waals surface area contributed by atoms with Crippen LogP contribution in [0.15, 0.2) is 30.6 Å². The summed E-state index contributed by atoms with van der Waals surface area (Å²) in [6.45, 7) is 1.99. The predicted molar refractivity (Wildman–Crippen MR) is 62.3 cm³/mol. The maximum absolute atomic E-state index is 13.0. The summed E-state index contributed by atoms with van der Waals surface area (Å²) in [6, 6.07) is 3.30. The molecule has 0 radical (unpaired) electrons. The monoisotopic (exact) mass is 250 g/mol. The first-order valence-corrected chi connectivity index (χ1v) is 5.59. The molecule has 1 aromatic carbocycles. The van der Waals surface area contributed by atoms with Crippen molar-refractivity contribution in [2.75, 3.05) is 0 Å². The molecule has 0 spiro atoms. The molecule has 2 aromatic rings. The normalized spacial score (nSPS) is 10.6. The van der Waals surface area contributed by atoms with E-state index in [2.05, 4.69) is 5.10 Å². The van der Waals surface area contributed by atoms with Gasteiger partial charge in [-0.1, -0.05) is 6.92 Å². The highest BCUT2D eigenvalue weighted by Crippen LogP contribution is 2.10. The summed E-state index contributed by atoms with van der Waals surface area (Å²) in [4.78, 5) is 11.4. The van der Waals surface area contributed by atoms with Crippen molar-refractivity contribution < 1.29 is 13.6 Å². The van der Waals surface area contributed by atoms with Gasteiger partial charge in [0.05, 0.1) is 18.3 Å². The second-order valence-electron chi connectivity index (χ2n) is 3.98. The Labute approximate surface area is 103 Å². The lowest BCUT2D eigenvalue weighted by atomic mass is 10.2. The van der Waals surface area contributed by atoms with Gasteiger partial charge in [-0.2, -0.15) is 5.10 Å². The zero-order valence-corrected chi connectivity index (χ0v) is 9.86. The Bertz CT molecular complexity index is 558. The first kappa shape index (κ1) is 12.4. The summed E-state index contributed by atoms with van der Waals surface area (Å²) < 4.78 is 27.5. The van der Waals surface area contributed by atoms with E-state index in [-0.39, 0.29) is 12.3 Å². The minimum atomic E-state index is -0.623. The number of carbonyl (C=O) groups is 1. The molecule has 0 aliphatic carbocycles. The highest BCUT2D eigenvalue weighted by atomic mass is 19.1. The molecule has 3 nitrogen and oxygen atoms in total. The zero-order valence-electron chi connectivity index (χ0n) is 9.86. The molecule has 1 aromatic heterocycles. The van der Waals surface area contributed by atoms with Crippen LogP contribution < -0.4 is 0 Å². The lowest BCUT2D eigenvalue weighted by molar-refractivity contribution is 0.0988. The minimum Gasteiger partial charge on any atom is -0.294 e. The van der Waals surface area contributed by atoms with Crippen LogP contribution >= 0.6 is 0 Å². The third-order valence-electron chi connectivity index (χ3n) is 2.54. The topological polar surface area (TPSA) is 34.9 Å². The first-order chi connectivity index (χ1) is 8.58. The van der Waals surface area contributed by atoms with Gasteiger partial charge in [-0.15, -0.1) is 0 Å². The van der Waals surface area contributed by atoms with E-state index < -0.39 is 11.6 Å². The van der Waals surface area contributed by atoms with Crippen molar-refractivity contribution in [1.82, 2.24) is 9.78 Å². The molecule has 0 saturated carbocycles. The highest BCUT2D eigenvalue weighted by Gasteiger charge is 2.07. The summed E-state index contributed by atoms with van der Waals surface area (Å²) in [7, 11) is 0. The summed E-state index contributed by atoms with van der Waals surface area (Å²) in [5.41, 5.74) is 0.973. The average molecular weight is 250 g/mol. The van der Waals surface area contributed by atoms with Gasteiger partial charge < -0.3 is 0 Å². The molecule has 0 aliphatic heterocycles. The third-order valence-corrected chi connectivity index (χ3v) is 2.54. The Morgan fingerprint density at radius 2 is 1.94 bits per heavy atom. The van der Waals surface area contributed by atoms with E-state index in [4.69, 9.17) is 0 Å². The Morgan fingerprint density at radius 1 is 1.28 bits per heavy atom. The van der Waals surface area contributed by atoms with Crippen molar-refractivity contribution >= 4 is 5.78 Å². The van der Waals surface area contributed by atoms with Gasteiger partial charge in [0, 0.05) is 18.7 Å². The van der Waals surface area contributed by atoms with Crippen LogP contribution in [-0.4, -0.2) is 15.6 Å². The quantitative estimate of drug-likeness (QED) is 0.782. The number of hydrogen-bond donors (Lipinski definition) is 0. The Kier molecular flexibility index (Phi) is 3.50. The van der Waals surface area contributed by atoms with Crippen molar-refractivity contribution in [3.05, 3.63) is 53.4 Å². The van der Waals surface area contributed by atoms with Crippen LogP contribution in [0.4, 0.5) is 8.78 Å². The smallest absolute Gasteiger partial charge is 0.165 e. The second kappa shape index (κ2) is 5.08. The van der Waals surface area contributed by atoms with Crippen LogP contribution in [0.3, 0.4) is 0 Å². The number of carbonyl (C=O) groups excluding carboxylic acids is 1. The predicted octanol–water partition coefficient (Wildman–Crippen LogP) is 2.80. The number of halogens is 2. The van der Waals surface area contributed by atoms with Crippen LogP contribution in [0, 0.1) is 11.6 Å². The Balaban J connectivity index is 2.18. The highest BCUT2D eigenvalue weighted by molar-refractivity contribution is 5.95. The van der Waals surface area contributed by atoms with Crippen LogP contribution in [-0.2, 0) is 6.54 Å². The zero-order chi connectivity index (χ0) is 13.1. The Morgan fingerprint density at radius 3 is 2.56 bits per heavy atom. The molecule has 0 saturated heterocycles. The Hall–Kier alpha value is -2.04. The number of rotatable bonds is 4. The lowest BCUT2D eigenvalue weighted by Gasteiger charge is -2.02. The van der Waals surface area contributed by atoms with Crippen LogP contribution in [0.1, 0.15) is 29.3 Å². The van der Waals surface area contributed by atoms with Gasteiger partial charge in [0.25, 0.3) is 0 Å². The molecule has 0 unspecified atom stereocenters. The number of ketones is 1. The number of benzene rings is 1. The molecule has 0 bridgehead atoms. The number of hydrogen-bond acceptors (Lipinski definition) is 2. The number of aromatic nitrogens is 2. The molecule has 94 valence electrons. The van der Waals surface area contributed by atoms with Gasteiger partial charge in [0.15, 0.2) is 5.78 Å². The van der Waals surface area contributed by atoms with Crippen molar-refractivity contribution in [2.24, 2.45) is 0 Å². The largest absolute Gasteiger partial charge is 0.294 e. The van der Waals surface area contributed by atoms with Crippen molar-refractivity contribution in [3.8, 4) is 0 Å². The number of Topliss-reactive ketones (excluding diaryl/α,β-unsaturated/α-hetero) is 1. The molecule has 5 heteroatoms. The summed E-state index contributed by atoms with van der Waals surface area (Å²) in [5.74, 6) is -1.25. The molecule has 0 fully saturated rings. The van der Waals surface area contributed by atoms with E-state index in [0.717, 1.165) is 6.07 Å². The molecule has 0 amide bonds. The molecule has 0 atom stereocenters. The van der Waals surface area contributed by atoms with E-state index in [9.17, 15) is 13.6 Å². The molecule has 2 rings (SSSR count). The van der Waals surface area contributed by atoms with Crippen LogP contribution in [0.5, 0.6) is 0 Å². The maximum atomic E-state index is 13.0. The van der Waals surface area contributed by atoms with Gasteiger partial charge in [-0.25, -0.2) is 8.78 Å². The van der Waals surface area contributed by atoms with E-state index in [1.165, 1.54) is 23.0 Å².